The Balaban J connectivity index is 2.70. The number of carbonyl (C=O) groups is 2. The highest BCUT2D eigenvalue weighted by Gasteiger charge is 2.20. The summed E-state index contributed by atoms with van der Waals surface area (Å²) in [6.45, 7) is 2.13. The highest BCUT2D eigenvalue weighted by atomic mass is 16.5. The van der Waals surface area contributed by atoms with Crippen LogP contribution in [0.2, 0.25) is 0 Å². The monoisotopic (exact) mass is 267 g/mol. The molecule has 0 fully saturated rings. The minimum Gasteiger partial charge on any atom is -0.507 e. The van der Waals surface area contributed by atoms with Gasteiger partial charge in [-0.15, -0.1) is 0 Å². The molecular formula is C13H17NO5. The standard InChI is InChI=1S/C13H17NO5/c1-3-19-11(17)7-8-14(2)13(18)12-9(15)5-4-6-10(12)16/h4-6,15-16H,3,7-8H2,1-2H3. The molecule has 0 heterocycles. The number of carbonyl (C=O) groups excluding carboxylic acids is 2. The molecule has 0 saturated heterocycles. The van der Waals surface area contributed by atoms with E-state index in [2.05, 4.69) is 0 Å². The van der Waals surface area contributed by atoms with Crippen LogP contribution < -0.4 is 0 Å². The first kappa shape index (κ1) is 14.8. The third-order valence-corrected chi connectivity index (χ3v) is 2.54. The molecule has 6 heteroatoms. The van der Waals surface area contributed by atoms with E-state index in [0.717, 1.165) is 0 Å². The first-order valence-electron chi connectivity index (χ1n) is 5.89. The Morgan fingerprint density at radius 1 is 1.26 bits per heavy atom. The predicted octanol–water partition coefficient (Wildman–Crippen LogP) is 1.12. The number of aromatic hydroxyl groups is 2. The molecule has 6 nitrogen and oxygen atoms in total. The van der Waals surface area contributed by atoms with E-state index in [0.29, 0.717) is 0 Å². The first-order valence-corrected chi connectivity index (χ1v) is 5.89. The van der Waals surface area contributed by atoms with Crippen molar-refractivity contribution in [3.8, 4) is 11.5 Å². The molecule has 0 aromatic heterocycles. The summed E-state index contributed by atoms with van der Waals surface area (Å²) in [7, 11) is 1.48. The van der Waals surface area contributed by atoms with Gasteiger partial charge in [-0.05, 0) is 19.1 Å². The van der Waals surface area contributed by atoms with Crippen LogP contribution in [-0.2, 0) is 9.53 Å². The zero-order valence-corrected chi connectivity index (χ0v) is 10.9. The van der Waals surface area contributed by atoms with Crippen molar-refractivity contribution in [2.75, 3.05) is 20.2 Å². The lowest BCUT2D eigenvalue weighted by atomic mass is 10.1. The number of hydrogen-bond donors (Lipinski definition) is 2. The fourth-order valence-corrected chi connectivity index (χ4v) is 1.53. The highest BCUT2D eigenvalue weighted by molar-refractivity contribution is 5.99. The normalized spacial score (nSPS) is 10.0. The average molecular weight is 267 g/mol. The van der Waals surface area contributed by atoms with E-state index in [4.69, 9.17) is 4.74 Å². The Morgan fingerprint density at radius 2 is 1.84 bits per heavy atom. The predicted molar refractivity (Wildman–Crippen MR) is 68.0 cm³/mol. The molecule has 1 amide bonds. The summed E-state index contributed by atoms with van der Waals surface area (Å²) in [5.41, 5.74) is -0.172. The quantitative estimate of drug-likeness (QED) is 0.781. The van der Waals surface area contributed by atoms with Crippen LogP contribution in [0.1, 0.15) is 23.7 Å². The van der Waals surface area contributed by atoms with Gasteiger partial charge in [-0.2, -0.15) is 0 Å². The number of rotatable bonds is 5. The van der Waals surface area contributed by atoms with E-state index < -0.39 is 11.9 Å². The Kier molecular flexibility index (Phi) is 5.17. The van der Waals surface area contributed by atoms with Crippen molar-refractivity contribution in [1.29, 1.82) is 0 Å². The van der Waals surface area contributed by atoms with Crippen molar-refractivity contribution >= 4 is 11.9 Å². The molecule has 1 rings (SSSR count). The number of amides is 1. The zero-order chi connectivity index (χ0) is 14.4. The van der Waals surface area contributed by atoms with Crippen LogP contribution in [0, 0.1) is 0 Å². The Morgan fingerprint density at radius 3 is 2.37 bits per heavy atom. The third-order valence-electron chi connectivity index (χ3n) is 2.54. The number of nitrogens with zero attached hydrogens (tertiary/aromatic N) is 1. The molecule has 0 saturated carbocycles. The van der Waals surface area contributed by atoms with Crippen molar-refractivity contribution in [1.82, 2.24) is 4.90 Å². The molecule has 0 bridgehead atoms. The van der Waals surface area contributed by atoms with Gasteiger partial charge in [-0.1, -0.05) is 6.07 Å². The van der Waals surface area contributed by atoms with E-state index in [1.165, 1.54) is 30.1 Å². The number of hydrogen-bond acceptors (Lipinski definition) is 5. The maximum absolute atomic E-state index is 12.0. The van der Waals surface area contributed by atoms with E-state index in [1.54, 1.807) is 6.92 Å². The minimum absolute atomic E-state index is 0.0600. The van der Waals surface area contributed by atoms with Crippen LogP contribution in [0.3, 0.4) is 0 Å². The summed E-state index contributed by atoms with van der Waals surface area (Å²) in [6, 6.07) is 4.05. The molecule has 0 aliphatic carbocycles. The van der Waals surface area contributed by atoms with Crippen LogP contribution in [0.5, 0.6) is 11.5 Å². The van der Waals surface area contributed by atoms with Crippen molar-refractivity contribution in [3.05, 3.63) is 23.8 Å². The summed E-state index contributed by atoms with van der Waals surface area (Å²) in [5.74, 6) is -1.55. The molecule has 0 radical (unpaired) electrons. The Hall–Kier alpha value is -2.24. The van der Waals surface area contributed by atoms with Crippen LogP contribution in [-0.4, -0.2) is 47.2 Å². The largest absolute Gasteiger partial charge is 0.507 e. The zero-order valence-electron chi connectivity index (χ0n) is 10.9. The van der Waals surface area contributed by atoms with Gasteiger partial charge in [-0.25, -0.2) is 0 Å². The second-order valence-electron chi connectivity index (χ2n) is 3.95. The van der Waals surface area contributed by atoms with Crippen molar-refractivity contribution in [3.63, 3.8) is 0 Å². The molecule has 1 aromatic rings. The molecular weight excluding hydrogens is 250 g/mol. The molecule has 0 aliphatic heterocycles. The van der Waals surface area contributed by atoms with Gasteiger partial charge < -0.3 is 19.8 Å². The Labute approximate surface area is 111 Å². The van der Waals surface area contributed by atoms with E-state index >= 15 is 0 Å². The van der Waals surface area contributed by atoms with Crippen molar-refractivity contribution in [2.45, 2.75) is 13.3 Å². The van der Waals surface area contributed by atoms with Gasteiger partial charge in [0.2, 0.25) is 0 Å². The maximum Gasteiger partial charge on any atom is 0.307 e. The second-order valence-corrected chi connectivity index (χ2v) is 3.95. The molecule has 1 aromatic carbocycles. The summed E-state index contributed by atoms with van der Waals surface area (Å²) in [6.07, 6.45) is 0.0600. The first-order chi connectivity index (χ1) is 8.97. The number of phenols is 2. The van der Waals surface area contributed by atoms with Gasteiger partial charge in [0.15, 0.2) is 0 Å². The smallest absolute Gasteiger partial charge is 0.307 e. The van der Waals surface area contributed by atoms with Gasteiger partial charge in [-0.3, -0.25) is 9.59 Å². The topological polar surface area (TPSA) is 87.1 Å². The summed E-state index contributed by atoms with van der Waals surface area (Å²) < 4.78 is 4.75. The van der Waals surface area contributed by atoms with Crippen LogP contribution in [0.4, 0.5) is 0 Å². The van der Waals surface area contributed by atoms with Crippen molar-refractivity contribution in [2.24, 2.45) is 0 Å². The van der Waals surface area contributed by atoms with Gasteiger partial charge >= 0.3 is 5.97 Å². The molecule has 0 aliphatic rings. The lowest BCUT2D eigenvalue weighted by molar-refractivity contribution is -0.143. The summed E-state index contributed by atoms with van der Waals surface area (Å²) in [5, 5.41) is 19.1. The van der Waals surface area contributed by atoms with E-state index in [9.17, 15) is 19.8 Å². The molecule has 0 unspecified atom stereocenters. The molecule has 2 N–H and O–H groups in total. The SMILES string of the molecule is CCOC(=O)CCN(C)C(=O)c1c(O)cccc1O. The summed E-state index contributed by atoms with van der Waals surface area (Å²) >= 11 is 0. The van der Waals surface area contributed by atoms with Crippen molar-refractivity contribution < 1.29 is 24.5 Å². The van der Waals surface area contributed by atoms with Gasteiger partial charge in [0.05, 0.1) is 13.0 Å². The number of benzene rings is 1. The molecule has 19 heavy (non-hydrogen) atoms. The fourth-order valence-electron chi connectivity index (χ4n) is 1.53. The lowest BCUT2D eigenvalue weighted by Gasteiger charge is -2.17. The van der Waals surface area contributed by atoms with Crippen LogP contribution in [0.25, 0.3) is 0 Å². The number of phenolic OH excluding ortho intramolecular Hbond substituents is 2. The molecule has 0 spiro atoms. The Bertz CT molecular complexity index is 452. The maximum atomic E-state index is 12.0. The number of ether oxygens (including phenoxy) is 1. The number of esters is 1. The second kappa shape index (κ2) is 6.63. The summed E-state index contributed by atoms with van der Waals surface area (Å²) in [4.78, 5) is 24.4. The van der Waals surface area contributed by atoms with Crippen LogP contribution in [0.15, 0.2) is 18.2 Å². The molecule has 104 valence electrons. The highest BCUT2D eigenvalue weighted by Crippen LogP contribution is 2.27. The van der Waals surface area contributed by atoms with Gasteiger partial charge in [0.1, 0.15) is 17.1 Å². The lowest BCUT2D eigenvalue weighted by Crippen LogP contribution is -2.29. The van der Waals surface area contributed by atoms with E-state index in [-0.39, 0.29) is 36.6 Å². The minimum atomic E-state index is -0.556. The van der Waals surface area contributed by atoms with Gasteiger partial charge in [0, 0.05) is 13.6 Å². The third kappa shape index (κ3) is 3.87. The van der Waals surface area contributed by atoms with Crippen LogP contribution >= 0.6 is 0 Å². The van der Waals surface area contributed by atoms with Gasteiger partial charge in [0.25, 0.3) is 5.91 Å². The molecule has 0 atom stereocenters. The average Bonchev–Trinajstić information content (AvgIpc) is 2.36. The van der Waals surface area contributed by atoms with E-state index in [1.807, 2.05) is 0 Å². The fraction of sp³-hybridized carbons (Fsp3) is 0.385.